The molecule has 1 heterocycles. The lowest BCUT2D eigenvalue weighted by Gasteiger charge is -2.06. The molecule has 1 rings (SSSR count). The number of halogens is 1. The normalized spacial score (nSPS) is 10.1. The van der Waals surface area contributed by atoms with Gasteiger partial charge in [-0.05, 0) is 13.8 Å². The number of nitrogens with one attached hydrogen (secondary N) is 2. The van der Waals surface area contributed by atoms with E-state index in [1.165, 1.54) is 0 Å². The van der Waals surface area contributed by atoms with Crippen LogP contribution in [0.1, 0.15) is 17.0 Å². The van der Waals surface area contributed by atoms with E-state index < -0.39 is 0 Å². The van der Waals surface area contributed by atoms with Crippen molar-refractivity contribution in [2.24, 2.45) is 0 Å². The summed E-state index contributed by atoms with van der Waals surface area (Å²) >= 11 is 0. The number of nitrogens with zero attached hydrogens (tertiary/aromatic N) is 1. The van der Waals surface area contributed by atoms with Crippen molar-refractivity contribution in [1.82, 2.24) is 15.8 Å². The van der Waals surface area contributed by atoms with Gasteiger partial charge in [-0.3, -0.25) is 4.79 Å². The highest BCUT2D eigenvalue weighted by Gasteiger charge is 2.12. The Bertz CT molecular complexity index is 363. The van der Waals surface area contributed by atoms with Crippen molar-refractivity contribution >= 4 is 18.3 Å². The number of carbonyl (C=O) groups is 1. The first kappa shape index (κ1) is 17.9. The molecule has 0 spiro atoms. The molecule has 7 heteroatoms. The Morgan fingerprint density at radius 3 is 2.63 bits per heavy atom. The zero-order valence-corrected chi connectivity index (χ0v) is 12.4. The molecule has 0 bridgehead atoms. The van der Waals surface area contributed by atoms with Gasteiger partial charge in [0.15, 0.2) is 0 Å². The van der Waals surface area contributed by atoms with Crippen molar-refractivity contribution in [3.8, 4) is 0 Å². The first-order valence-corrected chi connectivity index (χ1v) is 6.03. The Morgan fingerprint density at radius 2 is 2.05 bits per heavy atom. The highest BCUT2D eigenvalue weighted by atomic mass is 35.5. The number of hydrogen-bond donors (Lipinski definition) is 2. The summed E-state index contributed by atoms with van der Waals surface area (Å²) in [7, 11) is 1.66. The lowest BCUT2D eigenvalue weighted by Crippen LogP contribution is -2.34. The third-order valence-electron chi connectivity index (χ3n) is 2.63. The molecule has 0 aliphatic carbocycles. The van der Waals surface area contributed by atoms with Gasteiger partial charge in [-0.2, -0.15) is 0 Å². The summed E-state index contributed by atoms with van der Waals surface area (Å²) in [6, 6.07) is 0. The number of methoxy groups -OCH3 is 1. The van der Waals surface area contributed by atoms with Crippen LogP contribution in [0.25, 0.3) is 0 Å². The summed E-state index contributed by atoms with van der Waals surface area (Å²) in [6.45, 7) is 6.45. The molecule has 0 saturated heterocycles. The summed E-state index contributed by atoms with van der Waals surface area (Å²) < 4.78 is 9.91. The van der Waals surface area contributed by atoms with Crippen LogP contribution in [0.4, 0.5) is 0 Å². The maximum atomic E-state index is 11.7. The third kappa shape index (κ3) is 6.56. The number of aromatic nitrogens is 1. The summed E-state index contributed by atoms with van der Waals surface area (Å²) in [4.78, 5) is 11.7. The van der Waals surface area contributed by atoms with Gasteiger partial charge in [0.25, 0.3) is 0 Å². The largest absolute Gasteiger partial charge is 0.383 e. The molecule has 19 heavy (non-hydrogen) atoms. The van der Waals surface area contributed by atoms with E-state index in [-0.39, 0.29) is 18.3 Å². The van der Waals surface area contributed by atoms with Gasteiger partial charge in [0.05, 0.1) is 18.7 Å². The SMILES string of the molecule is COCCNCCNC(=O)Cc1c(C)noc1C.Cl. The Balaban J connectivity index is 0.00000324. The van der Waals surface area contributed by atoms with Crippen LogP contribution in [0, 0.1) is 13.8 Å². The lowest BCUT2D eigenvalue weighted by atomic mass is 10.1. The second-order valence-corrected chi connectivity index (χ2v) is 4.07. The van der Waals surface area contributed by atoms with Crippen LogP contribution in [0.3, 0.4) is 0 Å². The molecule has 0 saturated carbocycles. The van der Waals surface area contributed by atoms with Crippen LogP contribution in [-0.2, 0) is 16.0 Å². The fourth-order valence-corrected chi connectivity index (χ4v) is 1.57. The third-order valence-corrected chi connectivity index (χ3v) is 2.63. The minimum absolute atomic E-state index is 0. The first-order valence-electron chi connectivity index (χ1n) is 6.03. The monoisotopic (exact) mass is 291 g/mol. The first-order chi connectivity index (χ1) is 8.65. The Hall–Kier alpha value is -1.11. The van der Waals surface area contributed by atoms with Crippen molar-refractivity contribution in [1.29, 1.82) is 0 Å². The predicted octanol–water partition coefficient (Wildman–Crippen LogP) is 0.608. The molecule has 0 radical (unpaired) electrons. The molecule has 1 amide bonds. The van der Waals surface area contributed by atoms with Crippen LogP contribution in [-0.4, -0.2) is 44.4 Å². The van der Waals surface area contributed by atoms with E-state index in [1.54, 1.807) is 7.11 Å². The highest BCUT2D eigenvalue weighted by molar-refractivity contribution is 5.85. The Morgan fingerprint density at radius 1 is 1.32 bits per heavy atom. The van der Waals surface area contributed by atoms with Crippen LogP contribution >= 0.6 is 12.4 Å². The van der Waals surface area contributed by atoms with Crippen LogP contribution in [0.5, 0.6) is 0 Å². The molecular weight excluding hydrogens is 270 g/mol. The number of aryl methyl sites for hydroxylation is 2. The molecule has 0 unspecified atom stereocenters. The summed E-state index contributed by atoms with van der Waals surface area (Å²) in [5, 5.41) is 9.81. The number of rotatable bonds is 8. The van der Waals surface area contributed by atoms with Crippen molar-refractivity contribution in [2.45, 2.75) is 20.3 Å². The van der Waals surface area contributed by atoms with Crippen molar-refractivity contribution in [3.63, 3.8) is 0 Å². The molecule has 0 aliphatic rings. The molecule has 1 aromatic heterocycles. The molecule has 2 N–H and O–H groups in total. The molecule has 0 aromatic carbocycles. The molecule has 6 nitrogen and oxygen atoms in total. The Kier molecular flexibility index (Phi) is 9.20. The van der Waals surface area contributed by atoms with Crippen molar-refractivity contribution in [3.05, 3.63) is 17.0 Å². The summed E-state index contributed by atoms with van der Waals surface area (Å²) in [6.07, 6.45) is 0.319. The molecule has 0 atom stereocenters. The second kappa shape index (κ2) is 9.77. The maximum Gasteiger partial charge on any atom is 0.224 e. The standard InChI is InChI=1S/C12H21N3O3.ClH/c1-9-11(10(2)18-15-9)8-12(16)14-5-4-13-6-7-17-3;/h13H,4-8H2,1-3H3,(H,14,16);1H. The van der Waals surface area contributed by atoms with Crippen molar-refractivity contribution in [2.75, 3.05) is 33.4 Å². The van der Waals surface area contributed by atoms with Gasteiger partial charge in [-0.1, -0.05) is 5.16 Å². The van der Waals surface area contributed by atoms with Gasteiger partial charge < -0.3 is 19.9 Å². The molecule has 0 fully saturated rings. The maximum absolute atomic E-state index is 11.7. The zero-order valence-electron chi connectivity index (χ0n) is 11.6. The fourth-order valence-electron chi connectivity index (χ4n) is 1.57. The molecular formula is C12H22ClN3O3. The van der Waals surface area contributed by atoms with Crippen LogP contribution < -0.4 is 10.6 Å². The van der Waals surface area contributed by atoms with Crippen LogP contribution in [0.2, 0.25) is 0 Å². The number of carbonyl (C=O) groups excluding carboxylic acids is 1. The van der Waals surface area contributed by atoms with Gasteiger partial charge in [0.2, 0.25) is 5.91 Å². The predicted molar refractivity (Wildman–Crippen MR) is 74.7 cm³/mol. The van der Waals surface area contributed by atoms with E-state index in [9.17, 15) is 4.79 Å². The van der Waals surface area contributed by atoms with E-state index >= 15 is 0 Å². The van der Waals surface area contributed by atoms with Gasteiger partial charge in [0.1, 0.15) is 5.76 Å². The molecule has 1 aromatic rings. The smallest absolute Gasteiger partial charge is 0.224 e. The van der Waals surface area contributed by atoms with E-state index in [1.807, 2.05) is 13.8 Å². The molecule has 0 aliphatic heterocycles. The average Bonchev–Trinajstić information content (AvgIpc) is 2.65. The van der Waals surface area contributed by atoms with E-state index in [2.05, 4.69) is 15.8 Å². The number of amides is 1. The second-order valence-electron chi connectivity index (χ2n) is 4.07. The van der Waals surface area contributed by atoms with E-state index in [0.717, 1.165) is 24.3 Å². The highest BCUT2D eigenvalue weighted by Crippen LogP contribution is 2.12. The summed E-state index contributed by atoms with van der Waals surface area (Å²) in [5.41, 5.74) is 1.65. The molecule has 110 valence electrons. The van der Waals surface area contributed by atoms with Gasteiger partial charge in [0, 0.05) is 32.3 Å². The van der Waals surface area contributed by atoms with Gasteiger partial charge in [-0.15, -0.1) is 12.4 Å². The average molecular weight is 292 g/mol. The van der Waals surface area contributed by atoms with Crippen LogP contribution in [0.15, 0.2) is 4.52 Å². The minimum atomic E-state index is -0.0158. The minimum Gasteiger partial charge on any atom is -0.383 e. The number of hydrogen-bond acceptors (Lipinski definition) is 5. The van der Waals surface area contributed by atoms with E-state index in [0.29, 0.717) is 25.3 Å². The zero-order chi connectivity index (χ0) is 13.4. The van der Waals surface area contributed by atoms with Gasteiger partial charge in [-0.25, -0.2) is 0 Å². The van der Waals surface area contributed by atoms with E-state index in [4.69, 9.17) is 9.26 Å². The Labute approximate surface area is 119 Å². The summed E-state index contributed by atoms with van der Waals surface area (Å²) in [5.74, 6) is 0.693. The topological polar surface area (TPSA) is 76.4 Å². The number of ether oxygens (including phenoxy) is 1. The van der Waals surface area contributed by atoms with Gasteiger partial charge >= 0.3 is 0 Å². The quantitative estimate of drug-likeness (QED) is 0.686. The fraction of sp³-hybridized carbons (Fsp3) is 0.667. The lowest BCUT2D eigenvalue weighted by molar-refractivity contribution is -0.120. The van der Waals surface area contributed by atoms with Crippen molar-refractivity contribution < 1.29 is 14.1 Å².